The van der Waals surface area contributed by atoms with E-state index >= 15 is 0 Å². The highest BCUT2D eigenvalue weighted by Crippen LogP contribution is 2.22. The Hall–Kier alpha value is -0.770. The van der Waals surface area contributed by atoms with E-state index in [0.717, 1.165) is 25.0 Å². The summed E-state index contributed by atoms with van der Waals surface area (Å²) in [6.45, 7) is 11.4. The van der Waals surface area contributed by atoms with Gasteiger partial charge in [-0.2, -0.15) is 0 Å². The van der Waals surface area contributed by atoms with Crippen molar-refractivity contribution in [2.45, 2.75) is 52.9 Å². The zero-order valence-corrected chi connectivity index (χ0v) is 14.8. The Balaban J connectivity index is 2.24. The molecule has 124 valence electrons. The topological polar surface area (TPSA) is 39.7 Å². The molecule has 1 fully saturated rings. The molecule has 0 aromatic rings. The van der Waals surface area contributed by atoms with Gasteiger partial charge in [-0.3, -0.25) is 4.99 Å². The molecule has 2 N–H and O–H groups in total. The SMILES string of the molecule is CCCCCC(C)(C)CNC(=NC)NCC1CCN(C)C1. The van der Waals surface area contributed by atoms with E-state index in [-0.39, 0.29) is 0 Å². The summed E-state index contributed by atoms with van der Waals surface area (Å²) in [4.78, 5) is 6.75. The lowest BCUT2D eigenvalue weighted by Crippen LogP contribution is -2.43. The quantitative estimate of drug-likeness (QED) is 0.411. The highest BCUT2D eigenvalue weighted by Gasteiger charge is 2.20. The zero-order chi connectivity index (χ0) is 15.7. The van der Waals surface area contributed by atoms with Crippen molar-refractivity contribution in [2.75, 3.05) is 40.3 Å². The molecule has 0 amide bonds. The van der Waals surface area contributed by atoms with Gasteiger partial charge in [0.15, 0.2) is 5.96 Å². The van der Waals surface area contributed by atoms with E-state index < -0.39 is 0 Å². The summed E-state index contributed by atoms with van der Waals surface area (Å²) in [6.07, 6.45) is 6.53. The summed E-state index contributed by atoms with van der Waals surface area (Å²) in [5, 5.41) is 6.98. The Morgan fingerprint density at radius 3 is 2.62 bits per heavy atom. The van der Waals surface area contributed by atoms with Crippen LogP contribution >= 0.6 is 0 Å². The summed E-state index contributed by atoms with van der Waals surface area (Å²) in [5.41, 5.74) is 0.334. The molecule has 0 aromatic heterocycles. The Morgan fingerprint density at radius 1 is 1.29 bits per heavy atom. The molecule has 0 saturated carbocycles. The van der Waals surface area contributed by atoms with Crippen molar-refractivity contribution >= 4 is 5.96 Å². The summed E-state index contributed by atoms with van der Waals surface area (Å²) in [7, 11) is 4.06. The van der Waals surface area contributed by atoms with Gasteiger partial charge in [-0.15, -0.1) is 0 Å². The number of likely N-dealkylation sites (tertiary alicyclic amines) is 1. The molecular formula is C17H36N4. The van der Waals surface area contributed by atoms with Crippen LogP contribution in [0.3, 0.4) is 0 Å². The van der Waals surface area contributed by atoms with Crippen molar-refractivity contribution in [1.82, 2.24) is 15.5 Å². The van der Waals surface area contributed by atoms with Gasteiger partial charge in [0.05, 0.1) is 0 Å². The van der Waals surface area contributed by atoms with Gasteiger partial charge in [0.25, 0.3) is 0 Å². The van der Waals surface area contributed by atoms with Gasteiger partial charge in [0.1, 0.15) is 0 Å². The highest BCUT2D eigenvalue weighted by atomic mass is 15.2. The number of nitrogens with one attached hydrogen (secondary N) is 2. The average molecular weight is 297 g/mol. The van der Waals surface area contributed by atoms with E-state index in [4.69, 9.17) is 0 Å². The Bertz CT molecular complexity index is 312. The molecule has 1 aliphatic rings. The molecule has 1 rings (SSSR count). The number of hydrogen-bond acceptors (Lipinski definition) is 2. The third kappa shape index (κ3) is 7.70. The number of nitrogens with zero attached hydrogens (tertiary/aromatic N) is 2. The molecule has 21 heavy (non-hydrogen) atoms. The molecule has 0 aromatic carbocycles. The number of hydrogen-bond donors (Lipinski definition) is 2. The fraction of sp³-hybridized carbons (Fsp3) is 0.941. The maximum absolute atomic E-state index is 4.35. The lowest BCUT2D eigenvalue weighted by atomic mass is 9.87. The molecule has 4 nitrogen and oxygen atoms in total. The smallest absolute Gasteiger partial charge is 0.191 e. The maximum Gasteiger partial charge on any atom is 0.191 e. The number of unbranched alkanes of at least 4 members (excludes halogenated alkanes) is 2. The molecule has 0 aliphatic carbocycles. The monoisotopic (exact) mass is 296 g/mol. The van der Waals surface area contributed by atoms with Crippen LogP contribution in [-0.4, -0.2) is 51.1 Å². The highest BCUT2D eigenvalue weighted by molar-refractivity contribution is 5.79. The first-order chi connectivity index (χ1) is 9.96. The first-order valence-electron chi connectivity index (χ1n) is 8.60. The van der Waals surface area contributed by atoms with E-state index in [0.29, 0.717) is 5.41 Å². The Labute approximate surface area is 131 Å². The van der Waals surface area contributed by atoms with Gasteiger partial charge >= 0.3 is 0 Å². The van der Waals surface area contributed by atoms with Crippen molar-refractivity contribution in [1.29, 1.82) is 0 Å². The fourth-order valence-corrected chi connectivity index (χ4v) is 2.92. The van der Waals surface area contributed by atoms with E-state index in [2.05, 4.69) is 48.3 Å². The van der Waals surface area contributed by atoms with Crippen LogP contribution in [-0.2, 0) is 0 Å². The van der Waals surface area contributed by atoms with Gasteiger partial charge in [-0.25, -0.2) is 0 Å². The molecule has 1 aliphatic heterocycles. The van der Waals surface area contributed by atoms with Gasteiger partial charge in [-0.05, 0) is 37.8 Å². The zero-order valence-electron chi connectivity index (χ0n) is 14.8. The minimum Gasteiger partial charge on any atom is -0.356 e. The second-order valence-corrected chi connectivity index (χ2v) is 7.34. The largest absolute Gasteiger partial charge is 0.356 e. The second kappa shape index (κ2) is 9.29. The molecular weight excluding hydrogens is 260 g/mol. The molecule has 1 heterocycles. The van der Waals surface area contributed by atoms with Crippen LogP contribution in [0, 0.1) is 11.3 Å². The van der Waals surface area contributed by atoms with Gasteiger partial charge in [0.2, 0.25) is 0 Å². The van der Waals surface area contributed by atoms with E-state index in [1.54, 1.807) is 0 Å². The van der Waals surface area contributed by atoms with E-state index in [9.17, 15) is 0 Å². The van der Waals surface area contributed by atoms with Gasteiger partial charge in [0, 0.05) is 26.7 Å². The third-order valence-electron chi connectivity index (χ3n) is 4.46. The van der Waals surface area contributed by atoms with Crippen LogP contribution in [0.25, 0.3) is 0 Å². The maximum atomic E-state index is 4.35. The van der Waals surface area contributed by atoms with E-state index in [1.807, 2.05) is 7.05 Å². The first-order valence-corrected chi connectivity index (χ1v) is 8.60. The van der Waals surface area contributed by atoms with E-state index in [1.165, 1.54) is 45.2 Å². The summed E-state index contributed by atoms with van der Waals surface area (Å²) in [6, 6.07) is 0. The van der Waals surface area contributed by atoms with Gasteiger partial charge in [-0.1, -0.05) is 40.0 Å². The molecule has 1 atom stereocenters. The predicted octanol–water partition coefficient (Wildman–Crippen LogP) is 2.71. The number of aliphatic imine (C=N–C) groups is 1. The minimum atomic E-state index is 0.334. The number of rotatable bonds is 8. The van der Waals surface area contributed by atoms with Crippen molar-refractivity contribution < 1.29 is 0 Å². The van der Waals surface area contributed by atoms with Crippen LogP contribution in [0.4, 0.5) is 0 Å². The standard InChI is InChI=1S/C17H36N4/c1-6-7-8-10-17(2,3)14-20-16(18-4)19-12-15-9-11-21(5)13-15/h15H,6-14H2,1-5H3,(H2,18,19,20). The Morgan fingerprint density at radius 2 is 2.05 bits per heavy atom. The van der Waals surface area contributed by atoms with Crippen LogP contribution < -0.4 is 10.6 Å². The third-order valence-corrected chi connectivity index (χ3v) is 4.46. The first kappa shape index (κ1) is 18.3. The molecule has 1 unspecified atom stereocenters. The lowest BCUT2D eigenvalue weighted by Gasteiger charge is -2.26. The normalized spacial score (nSPS) is 20.8. The second-order valence-electron chi connectivity index (χ2n) is 7.34. The number of guanidine groups is 1. The van der Waals surface area contributed by atoms with Crippen molar-refractivity contribution in [3.63, 3.8) is 0 Å². The van der Waals surface area contributed by atoms with Crippen molar-refractivity contribution in [2.24, 2.45) is 16.3 Å². The lowest BCUT2D eigenvalue weighted by molar-refractivity contribution is 0.318. The van der Waals surface area contributed by atoms with Gasteiger partial charge < -0.3 is 15.5 Å². The van der Waals surface area contributed by atoms with Crippen molar-refractivity contribution in [3.05, 3.63) is 0 Å². The van der Waals surface area contributed by atoms with Crippen LogP contribution in [0.15, 0.2) is 4.99 Å². The molecule has 4 heteroatoms. The Kier molecular flexibility index (Phi) is 8.09. The van der Waals surface area contributed by atoms with Crippen LogP contribution in [0.1, 0.15) is 52.9 Å². The molecule has 0 radical (unpaired) electrons. The molecule has 0 spiro atoms. The average Bonchev–Trinajstić information content (AvgIpc) is 2.85. The fourth-order valence-electron chi connectivity index (χ4n) is 2.92. The molecule has 1 saturated heterocycles. The minimum absolute atomic E-state index is 0.334. The van der Waals surface area contributed by atoms with Crippen LogP contribution in [0.2, 0.25) is 0 Å². The summed E-state index contributed by atoms with van der Waals surface area (Å²) in [5.74, 6) is 1.71. The molecule has 0 bridgehead atoms. The summed E-state index contributed by atoms with van der Waals surface area (Å²) < 4.78 is 0. The van der Waals surface area contributed by atoms with Crippen molar-refractivity contribution in [3.8, 4) is 0 Å². The summed E-state index contributed by atoms with van der Waals surface area (Å²) >= 11 is 0. The predicted molar refractivity (Wildman–Crippen MR) is 92.9 cm³/mol. The van der Waals surface area contributed by atoms with Crippen LogP contribution in [0.5, 0.6) is 0 Å².